The van der Waals surface area contributed by atoms with E-state index in [9.17, 15) is 19.2 Å². The Balaban J connectivity index is 1.48. The van der Waals surface area contributed by atoms with Crippen LogP contribution in [-0.4, -0.2) is 67.4 Å². The van der Waals surface area contributed by atoms with Gasteiger partial charge in [-0.25, -0.2) is 0 Å². The summed E-state index contributed by atoms with van der Waals surface area (Å²) in [6.45, 7) is 3.36. The van der Waals surface area contributed by atoms with Gasteiger partial charge >= 0.3 is 0 Å². The van der Waals surface area contributed by atoms with E-state index in [1.807, 2.05) is 12.1 Å². The van der Waals surface area contributed by atoms with Gasteiger partial charge in [0.2, 0.25) is 23.6 Å². The number of morpholine rings is 1. The Kier molecular flexibility index (Phi) is 7.07. The summed E-state index contributed by atoms with van der Waals surface area (Å²) in [4.78, 5) is 53.3. The molecular weight excluding hydrogens is 438 g/mol. The standard InChI is InChI=1S/C24H27N5O5/c1-16(30)25-17-6-8-18(9-7-17)26-22(31)14-21-24(33)27-19-4-2-3-5-20(19)29(21)15-23(32)28-10-12-34-13-11-28/h2-9,21H,10-15H2,1H3,(H,25,30)(H,26,31)(H,27,33)/t21-/m1/s1. The minimum absolute atomic E-state index is 0.0200. The number of ether oxygens (including phenoxy) is 1. The van der Waals surface area contributed by atoms with Crippen LogP contribution in [0.25, 0.3) is 0 Å². The maximum atomic E-state index is 13.0. The highest BCUT2D eigenvalue weighted by atomic mass is 16.5. The molecule has 2 aliphatic heterocycles. The molecule has 3 N–H and O–H groups in total. The van der Waals surface area contributed by atoms with Gasteiger partial charge in [-0.3, -0.25) is 19.2 Å². The van der Waals surface area contributed by atoms with Gasteiger partial charge in [0.1, 0.15) is 6.04 Å². The number of nitrogens with one attached hydrogen (secondary N) is 3. The summed E-state index contributed by atoms with van der Waals surface area (Å²) in [5.74, 6) is -1.01. The minimum Gasteiger partial charge on any atom is -0.378 e. The third kappa shape index (κ3) is 5.52. The molecule has 10 nitrogen and oxygen atoms in total. The second-order valence-corrected chi connectivity index (χ2v) is 8.15. The smallest absolute Gasteiger partial charge is 0.247 e. The minimum atomic E-state index is -0.849. The summed E-state index contributed by atoms with van der Waals surface area (Å²) in [5.41, 5.74) is 2.45. The number of para-hydroxylation sites is 2. The predicted molar refractivity (Wildman–Crippen MR) is 128 cm³/mol. The summed E-state index contributed by atoms with van der Waals surface area (Å²) < 4.78 is 5.32. The van der Waals surface area contributed by atoms with Gasteiger partial charge in [-0.2, -0.15) is 0 Å². The largest absolute Gasteiger partial charge is 0.378 e. The highest BCUT2D eigenvalue weighted by Gasteiger charge is 2.36. The SMILES string of the molecule is CC(=O)Nc1ccc(NC(=O)C[C@@H]2C(=O)Nc3ccccc3N2CC(=O)N2CCOCC2)cc1. The molecule has 1 saturated heterocycles. The highest BCUT2D eigenvalue weighted by Crippen LogP contribution is 2.33. The topological polar surface area (TPSA) is 120 Å². The molecule has 4 rings (SSSR count). The summed E-state index contributed by atoms with van der Waals surface area (Å²) in [6, 6.07) is 13.1. The fraction of sp³-hybridized carbons (Fsp3) is 0.333. The maximum Gasteiger partial charge on any atom is 0.247 e. The average Bonchev–Trinajstić information content (AvgIpc) is 2.82. The molecule has 0 spiro atoms. The lowest BCUT2D eigenvalue weighted by Crippen LogP contribution is -2.54. The number of benzene rings is 2. The predicted octanol–water partition coefficient (Wildman–Crippen LogP) is 1.66. The van der Waals surface area contributed by atoms with Crippen molar-refractivity contribution >= 4 is 46.4 Å². The number of rotatable bonds is 6. The molecule has 0 aromatic heterocycles. The average molecular weight is 466 g/mol. The molecule has 10 heteroatoms. The number of hydrogen-bond acceptors (Lipinski definition) is 6. The van der Waals surface area contributed by atoms with Crippen molar-refractivity contribution < 1.29 is 23.9 Å². The van der Waals surface area contributed by atoms with Crippen molar-refractivity contribution in [2.75, 3.05) is 53.7 Å². The van der Waals surface area contributed by atoms with Gasteiger partial charge in [0.05, 0.1) is 37.6 Å². The molecule has 0 radical (unpaired) electrons. The first kappa shape index (κ1) is 23.2. The third-order valence-electron chi connectivity index (χ3n) is 5.69. The van der Waals surface area contributed by atoms with Crippen LogP contribution in [0.4, 0.5) is 22.7 Å². The number of hydrogen-bond donors (Lipinski definition) is 3. The molecule has 34 heavy (non-hydrogen) atoms. The zero-order valence-electron chi connectivity index (χ0n) is 18.9. The van der Waals surface area contributed by atoms with Crippen LogP contribution in [0.2, 0.25) is 0 Å². The maximum absolute atomic E-state index is 13.0. The summed E-state index contributed by atoms with van der Waals surface area (Å²) in [7, 11) is 0. The monoisotopic (exact) mass is 465 g/mol. The third-order valence-corrected chi connectivity index (χ3v) is 5.69. The molecule has 0 saturated carbocycles. The number of amides is 4. The van der Waals surface area contributed by atoms with E-state index in [0.717, 1.165) is 0 Å². The Labute approximate surface area is 197 Å². The van der Waals surface area contributed by atoms with Crippen LogP contribution >= 0.6 is 0 Å². The molecule has 0 aliphatic carbocycles. The summed E-state index contributed by atoms with van der Waals surface area (Å²) >= 11 is 0. The molecule has 2 aliphatic rings. The van der Waals surface area contributed by atoms with E-state index < -0.39 is 6.04 Å². The van der Waals surface area contributed by atoms with Crippen LogP contribution in [0.3, 0.4) is 0 Å². The first-order chi connectivity index (χ1) is 16.4. The quantitative estimate of drug-likeness (QED) is 0.597. The van der Waals surface area contributed by atoms with Crippen molar-refractivity contribution in [3.05, 3.63) is 48.5 Å². The number of nitrogens with zero attached hydrogens (tertiary/aromatic N) is 2. The molecule has 2 aromatic carbocycles. The van der Waals surface area contributed by atoms with E-state index in [1.165, 1.54) is 6.92 Å². The molecular formula is C24H27N5O5. The first-order valence-electron chi connectivity index (χ1n) is 11.1. The zero-order chi connectivity index (χ0) is 24.1. The van der Waals surface area contributed by atoms with E-state index in [0.29, 0.717) is 49.1 Å². The lowest BCUT2D eigenvalue weighted by Gasteiger charge is -2.38. The van der Waals surface area contributed by atoms with E-state index >= 15 is 0 Å². The number of carbonyl (C=O) groups is 4. The zero-order valence-corrected chi connectivity index (χ0v) is 18.9. The van der Waals surface area contributed by atoms with Gasteiger partial charge in [-0.15, -0.1) is 0 Å². The highest BCUT2D eigenvalue weighted by molar-refractivity contribution is 6.07. The Morgan fingerprint density at radius 2 is 1.65 bits per heavy atom. The molecule has 2 heterocycles. The molecule has 0 bridgehead atoms. The van der Waals surface area contributed by atoms with Gasteiger partial charge in [0.25, 0.3) is 0 Å². The lowest BCUT2D eigenvalue weighted by atomic mass is 10.0. The second-order valence-electron chi connectivity index (χ2n) is 8.15. The van der Waals surface area contributed by atoms with Crippen LogP contribution in [0, 0.1) is 0 Å². The van der Waals surface area contributed by atoms with E-state index in [-0.39, 0.29) is 36.6 Å². The molecule has 178 valence electrons. The van der Waals surface area contributed by atoms with Crippen LogP contribution < -0.4 is 20.9 Å². The molecule has 1 fully saturated rings. The van der Waals surface area contributed by atoms with Crippen molar-refractivity contribution in [3.63, 3.8) is 0 Å². The molecule has 0 unspecified atom stereocenters. The van der Waals surface area contributed by atoms with Crippen LogP contribution in [-0.2, 0) is 23.9 Å². The Morgan fingerprint density at radius 1 is 1.00 bits per heavy atom. The van der Waals surface area contributed by atoms with Crippen LogP contribution in [0.1, 0.15) is 13.3 Å². The number of carbonyl (C=O) groups excluding carboxylic acids is 4. The van der Waals surface area contributed by atoms with Crippen LogP contribution in [0.5, 0.6) is 0 Å². The van der Waals surface area contributed by atoms with Gasteiger partial charge in [0, 0.05) is 31.4 Å². The first-order valence-corrected chi connectivity index (χ1v) is 11.1. The van der Waals surface area contributed by atoms with Crippen molar-refractivity contribution in [3.8, 4) is 0 Å². The Morgan fingerprint density at radius 3 is 2.32 bits per heavy atom. The van der Waals surface area contributed by atoms with Crippen LogP contribution in [0.15, 0.2) is 48.5 Å². The van der Waals surface area contributed by atoms with Crippen molar-refractivity contribution in [1.82, 2.24) is 4.90 Å². The van der Waals surface area contributed by atoms with Crippen molar-refractivity contribution in [2.24, 2.45) is 0 Å². The summed E-state index contributed by atoms with van der Waals surface area (Å²) in [5, 5.41) is 8.29. The fourth-order valence-electron chi connectivity index (χ4n) is 4.04. The van der Waals surface area contributed by atoms with Gasteiger partial charge < -0.3 is 30.5 Å². The van der Waals surface area contributed by atoms with Gasteiger partial charge in [0.15, 0.2) is 0 Å². The molecule has 1 atom stereocenters. The summed E-state index contributed by atoms with van der Waals surface area (Å²) in [6.07, 6.45) is -0.135. The lowest BCUT2D eigenvalue weighted by molar-refractivity contribution is -0.134. The molecule has 2 aromatic rings. The Hall–Kier alpha value is -3.92. The Bertz CT molecular complexity index is 1080. The van der Waals surface area contributed by atoms with E-state index in [1.54, 1.807) is 46.2 Å². The van der Waals surface area contributed by atoms with Crippen molar-refractivity contribution in [2.45, 2.75) is 19.4 Å². The van der Waals surface area contributed by atoms with Crippen molar-refractivity contribution in [1.29, 1.82) is 0 Å². The molecule has 4 amide bonds. The van der Waals surface area contributed by atoms with E-state index in [4.69, 9.17) is 4.74 Å². The van der Waals surface area contributed by atoms with Gasteiger partial charge in [-0.1, -0.05) is 12.1 Å². The van der Waals surface area contributed by atoms with Gasteiger partial charge in [-0.05, 0) is 36.4 Å². The number of anilines is 4. The number of fused-ring (bicyclic) bond motifs is 1. The second kappa shape index (κ2) is 10.3. The fourth-order valence-corrected chi connectivity index (χ4v) is 4.04. The normalized spacial score (nSPS) is 17.4. The van der Waals surface area contributed by atoms with E-state index in [2.05, 4.69) is 16.0 Å².